The standard InChI is InChI=1S/C52H36N2/c1-4-15-37(16-5-1)39-27-32-43(33-28-39)53(44-34-29-40(30-35-44)38-17-6-2-7-18-38)47-24-12-13-25-48(47)54-49-26-14-23-46(41-19-8-3-9-20-41)51(49)52-45-22-11-10-21-42(45)31-36-50(52)54/h1-36H. The van der Waals surface area contributed by atoms with E-state index in [2.05, 4.69) is 228 Å². The first-order chi connectivity index (χ1) is 26.8. The van der Waals surface area contributed by atoms with Crippen LogP contribution in [0.1, 0.15) is 0 Å². The van der Waals surface area contributed by atoms with Crippen molar-refractivity contribution in [2.45, 2.75) is 0 Å². The lowest BCUT2D eigenvalue weighted by atomic mass is 9.97. The maximum absolute atomic E-state index is 2.47. The van der Waals surface area contributed by atoms with E-state index in [-0.39, 0.29) is 0 Å². The first-order valence-electron chi connectivity index (χ1n) is 18.5. The fraction of sp³-hybridized carbons (Fsp3) is 0. The van der Waals surface area contributed by atoms with Crippen LogP contribution < -0.4 is 4.90 Å². The zero-order valence-electron chi connectivity index (χ0n) is 29.7. The van der Waals surface area contributed by atoms with Crippen LogP contribution in [-0.4, -0.2) is 4.57 Å². The van der Waals surface area contributed by atoms with E-state index in [1.165, 1.54) is 66.0 Å². The fourth-order valence-electron chi connectivity index (χ4n) is 8.08. The fourth-order valence-corrected chi connectivity index (χ4v) is 8.08. The van der Waals surface area contributed by atoms with Crippen molar-refractivity contribution in [2.75, 3.05) is 4.90 Å². The number of fused-ring (bicyclic) bond motifs is 5. The second-order valence-electron chi connectivity index (χ2n) is 13.7. The molecule has 0 fully saturated rings. The maximum atomic E-state index is 2.47. The molecule has 1 aromatic heterocycles. The molecule has 0 bridgehead atoms. The number of anilines is 3. The summed E-state index contributed by atoms with van der Waals surface area (Å²) in [7, 11) is 0. The molecule has 2 heteroatoms. The van der Waals surface area contributed by atoms with Crippen LogP contribution in [0.2, 0.25) is 0 Å². The third-order valence-corrected chi connectivity index (χ3v) is 10.6. The van der Waals surface area contributed by atoms with Crippen LogP contribution >= 0.6 is 0 Å². The summed E-state index contributed by atoms with van der Waals surface area (Å²) >= 11 is 0. The van der Waals surface area contributed by atoms with E-state index in [1.54, 1.807) is 0 Å². The van der Waals surface area contributed by atoms with Gasteiger partial charge in [-0.25, -0.2) is 0 Å². The summed E-state index contributed by atoms with van der Waals surface area (Å²) in [6.07, 6.45) is 0. The highest BCUT2D eigenvalue weighted by Gasteiger charge is 2.23. The lowest BCUT2D eigenvalue weighted by Gasteiger charge is -2.28. The number of hydrogen-bond acceptors (Lipinski definition) is 1. The molecule has 0 N–H and O–H groups in total. The molecule has 0 radical (unpaired) electrons. The van der Waals surface area contributed by atoms with Crippen LogP contribution in [-0.2, 0) is 0 Å². The van der Waals surface area contributed by atoms with Gasteiger partial charge in [-0.05, 0) is 92.7 Å². The summed E-state index contributed by atoms with van der Waals surface area (Å²) < 4.78 is 2.47. The number of rotatable bonds is 7. The minimum absolute atomic E-state index is 1.09. The average Bonchev–Trinajstić information content (AvgIpc) is 3.60. The Kier molecular flexibility index (Phi) is 7.85. The van der Waals surface area contributed by atoms with Gasteiger partial charge in [0.15, 0.2) is 0 Å². The molecule has 0 saturated carbocycles. The molecule has 2 nitrogen and oxygen atoms in total. The van der Waals surface area contributed by atoms with Gasteiger partial charge in [0.25, 0.3) is 0 Å². The van der Waals surface area contributed by atoms with Gasteiger partial charge in [-0.2, -0.15) is 0 Å². The lowest BCUT2D eigenvalue weighted by molar-refractivity contribution is 1.15. The van der Waals surface area contributed by atoms with Crippen LogP contribution in [0.5, 0.6) is 0 Å². The van der Waals surface area contributed by atoms with Crippen LogP contribution in [0.3, 0.4) is 0 Å². The Hall–Kier alpha value is -7.16. The Morgan fingerprint density at radius 3 is 1.44 bits per heavy atom. The average molecular weight is 689 g/mol. The van der Waals surface area contributed by atoms with Crippen molar-refractivity contribution in [1.82, 2.24) is 4.57 Å². The first-order valence-corrected chi connectivity index (χ1v) is 18.5. The smallest absolute Gasteiger partial charge is 0.0702 e. The summed E-state index contributed by atoms with van der Waals surface area (Å²) in [5.74, 6) is 0. The number of nitrogens with zero attached hydrogens (tertiary/aromatic N) is 2. The van der Waals surface area contributed by atoms with E-state index in [0.717, 1.165) is 22.7 Å². The molecule has 1 heterocycles. The summed E-state index contributed by atoms with van der Waals surface area (Å²) in [4.78, 5) is 2.40. The summed E-state index contributed by atoms with van der Waals surface area (Å²) in [6, 6.07) is 78.8. The van der Waals surface area contributed by atoms with E-state index in [4.69, 9.17) is 0 Å². The molecule has 0 amide bonds. The Labute approximate surface area is 315 Å². The Bertz CT molecular complexity index is 2810. The van der Waals surface area contributed by atoms with Gasteiger partial charge in [0.2, 0.25) is 0 Å². The van der Waals surface area contributed by atoms with Crippen LogP contribution in [0, 0.1) is 0 Å². The molecule has 10 aromatic rings. The molecule has 10 rings (SSSR count). The Morgan fingerprint density at radius 2 is 0.815 bits per heavy atom. The van der Waals surface area contributed by atoms with Crippen molar-refractivity contribution in [3.8, 4) is 39.1 Å². The SMILES string of the molecule is c1ccc(-c2ccc(N(c3ccc(-c4ccccc4)cc3)c3ccccc3-n3c4cccc(-c5ccccc5)c4c4c5ccccc5ccc43)cc2)cc1. The van der Waals surface area contributed by atoms with E-state index in [0.29, 0.717) is 0 Å². The summed E-state index contributed by atoms with van der Waals surface area (Å²) in [5, 5.41) is 5.02. The van der Waals surface area contributed by atoms with E-state index >= 15 is 0 Å². The van der Waals surface area contributed by atoms with Crippen LogP contribution in [0.4, 0.5) is 17.1 Å². The van der Waals surface area contributed by atoms with Crippen molar-refractivity contribution in [3.63, 3.8) is 0 Å². The quantitative estimate of drug-likeness (QED) is 0.162. The molecular formula is C52H36N2. The van der Waals surface area contributed by atoms with Crippen molar-refractivity contribution in [1.29, 1.82) is 0 Å². The van der Waals surface area contributed by atoms with E-state index in [1.807, 2.05) is 0 Å². The monoisotopic (exact) mass is 688 g/mol. The molecular weight excluding hydrogens is 653 g/mol. The molecule has 0 spiro atoms. The highest BCUT2D eigenvalue weighted by Crippen LogP contribution is 2.45. The van der Waals surface area contributed by atoms with E-state index in [9.17, 15) is 0 Å². The van der Waals surface area contributed by atoms with Gasteiger partial charge in [-0.3, -0.25) is 0 Å². The number of para-hydroxylation sites is 2. The molecule has 54 heavy (non-hydrogen) atoms. The van der Waals surface area contributed by atoms with Crippen LogP contribution in [0.15, 0.2) is 218 Å². The second-order valence-corrected chi connectivity index (χ2v) is 13.7. The number of hydrogen-bond donors (Lipinski definition) is 0. The van der Waals surface area contributed by atoms with Crippen molar-refractivity contribution >= 4 is 49.6 Å². The van der Waals surface area contributed by atoms with Crippen LogP contribution in [0.25, 0.3) is 71.6 Å². The van der Waals surface area contributed by atoms with Gasteiger partial charge in [-0.15, -0.1) is 0 Å². The van der Waals surface area contributed by atoms with Gasteiger partial charge >= 0.3 is 0 Å². The minimum atomic E-state index is 1.09. The van der Waals surface area contributed by atoms with Gasteiger partial charge in [0.05, 0.1) is 22.4 Å². The third-order valence-electron chi connectivity index (χ3n) is 10.6. The highest BCUT2D eigenvalue weighted by atomic mass is 15.2. The number of benzene rings is 9. The van der Waals surface area contributed by atoms with Gasteiger partial charge in [-0.1, -0.05) is 170 Å². The molecule has 9 aromatic carbocycles. The maximum Gasteiger partial charge on any atom is 0.0702 e. The predicted molar refractivity (Wildman–Crippen MR) is 229 cm³/mol. The summed E-state index contributed by atoms with van der Waals surface area (Å²) in [6.45, 7) is 0. The third kappa shape index (κ3) is 5.44. The zero-order chi connectivity index (χ0) is 35.8. The summed E-state index contributed by atoms with van der Waals surface area (Å²) in [5.41, 5.74) is 14.0. The van der Waals surface area contributed by atoms with Gasteiger partial charge in [0, 0.05) is 22.1 Å². The Morgan fingerprint density at radius 1 is 0.315 bits per heavy atom. The molecule has 0 aliphatic heterocycles. The largest absolute Gasteiger partial charge is 0.308 e. The molecule has 254 valence electrons. The van der Waals surface area contributed by atoms with Crippen molar-refractivity contribution in [3.05, 3.63) is 218 Å². The second kappa shape index (κ2) is 13.4. The first kappa shape index (κ1) is 31.6. The molecule has 0 atom stereocenters. The molecule has 0 saturated heterocycles. The molecule has 0 aliphatic carbocycles. The molecule has 0 aliphatic rings. The minimum Gasteiger partial charge on any atom is -0.308 e. The number of aromatic nitrogens is 1. The highest BCUT2D eigenvalue weighted by molar-refractivity contribution is 6.25. The van der Waals surface area contributed by atoms with Crippen molar-refractivity contribution < 1.29 is 0 Å². The predicted octanol–water partition coefficient (Wildman–Crippen LogP) is 14.4. The normalized spacial score (nSPS) is 11.3. The van der Waals surface area contributed by atoms with Crippen molar-refractivity contribution in [2.24, 2.45) is 0 Å². The molecule has 0 unspecified atom stereocenters. The zero-order valence-corrected chi connectivity index (χ0v) is 29.7. The lowest BCUT2D eigenvalue weighted by Crippen LogP contribution is -2.13. The van der Waals surface area contributed by atoms with Gasteiger partial charge < -0.3 is 9.47 Å². The topological polar surface area (TPSA) is 8.17 Å². The Balaban J connectivity index is 1.23. The van der Waals surface area contributed by atoms with E-state index < -0.39 is 0 Å². The van der Waals surface area contributed by atoms with Gasteiger partial charge in [0.1, 0.15) is 0 Å².